The van der Waals surface area contributed by atoms with Gasteiger partial charge in [-0.3, -0.25) is 4.79 Å². The summed E-state index contributed by atoms with van der Waals surface area (Å²) >= 11 is 1.30. The van der Waals surface area contributed by atoms with Gasteiger partial charge in [0.05, 0.1) is 10.8 Å². The van der Waals surface area contributed by atoms with Gasteiger partial charge in [-0.15, -0.1) is 24.9 Å². The Morgan fingerprint density at radius 3 is 2.54 bits per heavy atom. The number of alkyl halides is 3. The lowest BCUT2D eigenvalue weighted by Gasteiger charge is -2.24. The van der Waals surface area contributed by atoms with Crippen LogP contribution in [0.1, 0.15) is 20.3 Å². The molecule has 2 unspecified atom stereocenters. The zero-order valence-electron chi connectivity index (χ0n) is 14.1. The molecule has 0 aromatic heterocycles. The maximum atomic E-state index is 12.8. The van der Waals surface area contributed by atoms with Crippen LogP contribution in [0.4, 0.5) is 13.2 Å². The molecule has 1 fully saturated rings. The molecule has 1 N–H and O–H groups in total. The van der Waals surface area contributed by atoms with Crippen LogP contribution in [-0.4, -0.2) is 48.7 Å². The van der Waals surface area contributed by atoms with E-state index in [1.807, 2.05) is 13.8 Å². The average Bonchev–Trinajstić information content (AvgIpc) is 3.04. The first-order valence-electron chi connectivity index (χ1n) is 7.80. The van der Waals surface area contributed by atoms with Crippen LogP contribution in [0.2, 0.25) is 0 Å². The van der Waals surface area contributed by atoms with Crippen LogP contribution in [0.3, 0.4) is 0 Å². The third-order valence-electron chi connectivity index (χ3n) is 3.81. The second-order valence-electron chi connectivity index (χ2n) is 5.74. The average molecular weight is 412 g/mol. The smallest absolute Gasteiger partial charge is 0.406 e. The van der Waals surface area contributed by atoms with Crippen molar-refractivity contribution in [2.75, 3.05) is 11.6 Å². The Morgan fingerprint density at radius 2 is 2.00 bits per heavy atom. The second-order valence-corrected chi connectivity index (χ2v) is 8.64. The monoisotopic (exact) mass is 412 g/mol. The van der Waals surface area contributed by atoms with Gasteiger partial charge in [-0.25, -0.2) is 8.42 Å². The lowest BCUT2D eigenvalue weighted by Crippen LogP contribution is -2.49. The Kier molecular flexibility index (Phi) is 6.46. The van der Waals surface area contributed by atoms with Gasteiger partial charge in [0.1, 0.15) is 11.8 Å². The van der Waals surface area contributed by atoms with E-state index in [1.54, 1.807) is 0 Å². The van der Waals surface area contributed by atoms with Gasteiger partial charge in [-0.05, 0) is 37.6 Å². The highest BCUT2D eigenvalue weighted by Crippen LogP contribution is 2.30. The van der Waals surface area contributed by atoms with E-state index in [2.05, 4.69) is 10.1 Å². The van der Waals surface area contributed by atoms with E-state index >= 15 is 0 Å². The molecule has 26 heavy (non-hydrogen) atoms. The third kappa shape index (κ3) is 5.04. The minimum atomic E-state index is -4.86. The molecule has 0 radical (unpaired) electrons. The highest BCUT2D eigenvalue weighted by atomic mass is 32.2. The molecule has 2 rings (SSSR count). The number of ether oxygens (including phenoxy) is 1. The van der Waals surface area contributed by atoms with Crippen molar-refractivity contribution in [1.29, 1.82) is 0 Å². The van der Waals surface area contributed by atoms with Gasteiger partial charge in [0.2, 0.25) is 15.9 Å². The van der Waals surface area contributed by atoms with Crippen molar-refractivity contribution in [3.8, 4) is 5.75 Å². The molecule has 0 spiro atoms. The molecule has 2 atom stereocenters. The summed E-state index contributed by atoms with van der Waals surface area (Å²) in [6.45, 7) is 3.71. The number of nitrogens with zero attached hydrogens (tertiary/aromatic N) is 1. The normalized spacial score (nSPS) is 20.0. The van der Waals surface area contributed by atoms with Gasteiger partial charge in [-0.2, -0.15) is 4.31 Å². The fourth-order valence-electron chi connectivity index (χ4n) is 2.26. The summed E-state index contributed by atoms with van der Waals surface area (Å²) in [5.41, 5.74) is 0. The van der Waals surface area contributed by atoms with Gasteiger partial charge in [0.25, 0.3) is 0 Å². The van der Waals surface area contributed by atoms with Gasteiger partial charge in [0, 0.05) is 11.8 Å². The molecule has 11 heteroatoms. The van der Waals surface area contributed by atoms with Gasteiger partial charge >= 0.3 is 6.36 Å². The number of halogens is 3. The van der Waals surface area contributed by atoms with Crippen LogP contribution in [-0.2, 0) is 14.8 Å². The lowest BCUT2D eigenvalue weighted by molar-refractivity contribution is -0.274. The third-order valence-corrected chi connectivity index (χ3v) is 6.85. The SMILES string of the molecule is CCC(C)NC(=O)C1CSCN1S(=O)(=O)c1ccc(OC(F)(F)F)cc1. The number of hydrogen-bond acceptors (Lipinski definition) is 5. The van der Waals surface area contributed by atoms with E-state index in [-0.39, 0.29) is 22.7 Å². The summed E-state index contributed by atoms with van der Waals surface area (Å²) in [5, 5.41) is 2.76. The summed E-state index contributed by atoms with van der Waals surface area (Å²) in [4.78, 5) is 12.1. The molecular formula is C15H19F3N2O4S2. The van der Waals surface area contributed by atoms with Crippen molar-refractivity contribution in [2.45, 2.75) is 43.6 Å². The molecule has 1 heterocycles. The molecule has 1 amide bonds. The largest absolute Gasteiger partial charge is 0.573 e. The zero-order chi connectivity index (χ0) is 19.5. The predicted octanol–water partition coefficient (Wildman–Crippen LogP) is 2.56. The van der Waals surface area contributed by atoms with E-state index in [0.29, 0.717) is 12.2 Å². The molecule has 1 aliphatic heterocycles. The first-order valence-corrected chi connectivity index (χ1v) is 10.4. The Balaban J connectivity index is 2.19. The molecule has 1 aliphatic rings. The highest BCUT2D eigenvalue weighted by Gasteiger charge is 2.40. The molecular weight excluding hydrogens is 393 g/mol. The van der Waals surface area contributed by atoms with E-state index in [4.69, 9.17) is 0 Å². The summed E-state index contributed by atoms with van der Waals surface area (Å²) in [6, 6.07) is 2.98. The van der Waals surface area contributed by atoms with Crippen LogP contribution >= 0.6 is 11.8 Å². The Hall–Kier alpha value is -1.46. The van der Waals surface area contributed by atoms with E-state index in [9.17, 15) is 26.4 Å². The van der Waals surface area contributed by atoms with Crippen LogP contribution in [0.15, 0.2) is 29.2 Å². The topological polar surface area (TPSA) is 75.7 Å². The molecule has 1 aromatic rings. The molecule has 1 aromatic carbocycles. The number of carbonyl (C=O) groups excluding carboxylic acids is 1. The fraction of sp³-hybridized carbons (Fsp3) is 0.533. The van der Waals surface area contributed by atoms with Gasteiger partial charge < -0.3 is 10.1 Å². The summed E-state index contributed by atoms with van der Waals surface area (Å²) in [7, 11) is -4.02. The van der Waals surface area contributed by atoms with Crippen LogP contribution in [0.25, 0.3) is 0 Å². The van der Waals surface area contributed by atoms with Crippen molar-refractivity contribution in [2.24, 2.45) is 0 Å². The number of amides is 1. The summed E-state index contributed by atoms with van der Waals surface area (Å²) in [5.74, 6) is -0.485. The fourth-order valence-corrected chi connectivity index (χ4v) is 5.41. The van der Waals surface area contributed by atoms with E-state index in [1.165, 1.54) is 11.8 Å². The van der Waals surface area contributed by atoms with Crippen LogP contribution < -0.4 is 10.1 Å². The molecule has 0 saturated carbocycles. The maximum Gasteiger partial charge on any atom is 0.573 e. The van der Waals surface area contributed by atoms with Crippen LogP contribution in [0, 0.1) is 0 Å². The van der Waals surface area contributed by atoms with E-state index < -0.39 is 28.2 Å². The number of sulfonamides is 1. The van der Waals surface area contributed by atoms with Gasteiger partial charge in [-0.1, -0.05) is 6.92 Å². The quantitative estimate of drug-likeness (QED) is 0.777. The number of hydrogen-bond donors (Lipinski definition) is 1. The number of benzene rings is 1. The number of carbonyl (C=O) groups is 1. The van der Waals surface area contributed by atoms with Gasteiger partial charge in [0.15, 0.2) is 0 Å². The number of rotatable bonds is 6. The second kappa shape index (κ2) is 8.05. The molecule has 6 nitrogen and oxygen atoms in total. The molecule has 0 bridgehead atoms. The summed E-state index contributed by atoms with van der Waals surface area (Å²) in [6.07, 6.45) is -4.15. The van der Waals surface area contributed by atoms with E-state index in [0.717, 1.165) is 28.6 Å². The highest BCUT2D eigenvalue weighted by molar-refractivity contribution is 8.00. The first kappa shape index (κ1) is 20.8. The van der Waals surface area contributed by atoms with Crippen molar-refractivity contribution >= 4 is 27.7 Å². The molecule has 1 saturated heterocycles. The standard InChI is InChI=1S/C15H19F3N2O4S2/c1-3-10(2)19-14(21)13-8-25-9-20(13)26(22,23)12-6-4-11(5-7-12)24-15(16,17)18/h4-7,10,13H,3,8-9H2,1-2H3,(H,19,21). The van der Waals surface area contributed by atoms with Crippen molar-refractivity contribution in [3.63, 3.8) is 0 Å². The van der Waals surface area contributed by atoms with Crippen LogP contribution in [0.5, 0.6) is 5.75 Å². The zero-order valence-corrected chi connectivity index (χ0v) is 15.7. The minimum absolute atomic E-state index is 0.0866. The lowest BCUT2D eigenvalue weighted by atomic mass is 10.2. The Labute approximate surface area is 154 Å². The molecule has 146 valence electrons. The summed E-state index contributed by atoms with van der Waals surface area (Å²) < 4.78 is 66.9. The van der Waals surface area contributed by atoms with Crippen molar-refractivity contribution in [3.05, 3.63) is 24.3 Å². The maximum absolute atomic E-state index is 12.8. The number of thioether (sulfide) groups is 1. The van der Waals surface area contributed by atoms with Crippen molar-refractivity contribution in [1.82, 2.24) is 9.62 Å². The minimum Gasteiger partial charge on any atom is -0.406 e. The Bertz CT molecular complexity index is 738. The van der Waals surface area contributed by atoms with Crippen molar-refractivity contribution < 1.29 is 31.1 Å². The number of nitrogens with one attached hydrogen (secondary N) is 1. The Morgan fingerprint density at radius 1 is 1.38 bits per heavy atom. The first-order chi connectivity index (χ1) is 12.0. The molecule has 0 aliphatic carbocycles. The predicted molar refractivity (Wildman–Crippen MR) is 91.2 cm³/mol.